The summed E-state index contributed by atoms with van der Waals surface area (Å²) in [5, 5.41) is 10.6. The number of carbonyl (C=O) groups excluding carboxylic acids is 4. The van der Waals surface area contributed by atoms with Crippen LogP contribution in [0, 0.1) is 0 Å². The first-order chi connectivity index (χ1) is 47.7. The molecule has 0 aromatic rings. The third-order valence-corrected chi connectivity index (χ3v) is 17.6. The average Bonchev–Trinajstić information content (AvgIpc) is 1.00. The Bertz CT molecular complexity index is 2290. The lowest BCUT2D eigenvalue weighted by Crippen LogP contribution is -2.30. The molecule has 564 valence electrons. The minimum atomic E-state index is -4.99. The van der Waals surface area contributed by atoms with Crippen LogP contribution in [0.2, 0.25) is 0 Å². The van der Waals surface area contributed by atoms with Gasteiger partial charge in [0.05, 0.1) is 26.4 Å². The number of phosphoric ester groups is 2. The number of hydrogen-bond acceptors (Lipinski definition) is 15. The molecule has 0 aliphatic heterocycles. The van der Waals surface area contributed by atoms with Crippen molar-refractivity contribution in [3.05, 3.63) is 109 Å². The van der Waals surface area contributed by atoms with Gasteiger partial charge in [0.15, 0.2) is 12.2 Å². The zero-order chi connectivity index (χ0) is 71.8. The Morgan fingerprint density at radius 3 is 0.918 bits per heavy atom. The van der Waals surface area contributed by atoms with Crippen molar-refractivity contribution in [1.29, 1.82) is 0 Å². The van der Waals surface area contributed by atoms with Gasteiger partial charge in [-0.25, -0.2) is 9.13 Å². The van der Waals surface area contributed by atoms with E-state index in [1.54, 1.807) is 0 Å². The number of aliphatic hydroxyl groups is 1. The van der Waals surface area contributed by atoms with Crippen molar-refractivity contribution in [1.82, 2.24) is 0 Å². The van der Waals surface area contributed by atoms with E-state index in [2.05, 4.69) is 119 Å². The summed E-state index contributed by atoms with van der Waals surface area (Å²) in [6.45, 7) is 4.59. The molecular weight excluding hydrogens is 1280 g/mol. The molecule has 3 N–H and O–H groups in total. The molecule has 0 heterocycles. The Kier molecular flexibility index (Phi) is 68.0. The van der Waals surface area contributed by atoms with Crippen LogP contribution in [0.4, 0.5) is 0 Å². The molecule has 0 fully saturated rings. The summed E-state index contributed by atoms with van der Waals surface area (Å²) in [5.74, 6) is -2.30. The summed E-state index contributed by atoms with van der Waals surface area (Å²) >= 11 is 0. The number of esters is 4. The van der Waals surface area contributed by atoms with E-state index in [9.17, 15) is 43.2 Å². The van der Waals surface area contributed by atoms with Gasteiger partial charge in [0.2, 0.25) is 0 Å². The zero-order valence-electron chi connectivity index (χ0n) is 61.4. The molecule has 0 bridgehead atoms. The van der Waals surface area contributed by atoms with Gasteiger partial charge in [-0.15, -0.1) is 0 Å². The standard InChI is InChI=1S/C79H136O17P2/c1-5-9-13-17-21-25-29-32-34-35-36-37-39-42-45-48-52-56-60-64-77(82)89-69-74(95-78(83)65-61-57-53-49-43-28-24-20-16-12-8-4)71-93-97(85,86)91-67-73(80)68-92-98(87,88)94-72-75(96-79(84)66-62-58-54-50-46-40-31-27-23-19-15-11-7-3)70-90-76(81)63-59-55-51-47-44-41-38-33-30-26-22-18-14-10-6-2/h9,13,20-21,24-25,27,31-34,36-38,42,45,52,56,73-75,80H,5-8,10-12,14-19,22-23,26,28-30,35,39-41,43-44,46-51,53-55,57-72H2,1-4H3,(H,85,86)(H,87,88)/b13-9-,24-20-,25-21-,31-27-,34-32-,37-36-,38-33-,45-42-,56-52-. The molecule has 0 aliphatic rings. The van der Waals surface area contributed by atoms with E-state index in [-0.39, 0.29) is 25.7 Å². The van der Waals surface area contributed by atoms with Gasteiger partial charge in [0.1, 0.15) is 19.3 Å². The third kappa shape index (κ3) is 70.2. The fraction of sp³-hybridized carbons (Fsp3) is 0.722. The van der Waals surface area contributed by atoms with Crippen molar-refractivity contribution >= 4 is 39.5 Å². The van der Waals surface area contributed by atoms with Crippen LogP contribution < -0.4 is 0 Å². The predicted octanol–water partition coefficient (Wildman–Crippen LogP) is 21.8. The van der Waals surface area contributed by atoms with Gasteiger partial charge >= 0.3 is 39.5 Å². The monoisotopic (exact) mass is 1420 g/mol. The predicted molar refractivity (Wildman–Crippen MR) is 399 cm³/mol. The van der Waals surface area contributed by atoms with Crippen molar-refractivity contribution in [3.63, 3.8) is 0 Å². The quantitative estimate of drug-likeness (QED) is 0.0169. The average molecular weight is 1420 g/mol. The number of carbonyl (C=O) groups is 4. The number of aliphatic hydroxyl groups excluding tert-OH is 1. The van der Waals surface area contributed by atoms with Gasteiger partial charge in [-0.2, -0.15) is 0 Å². The first-order valence-corrected chi connectivity index (χ1v) is 41.1. The second-order valence-electron chi connectivity index (χ2n) is 25.2. The van der Waals surface area contributed by atoms with Crippen LogP contribution in [0.1, 0.15) is 310 Å². The van der Waals surface area contributed by atoms with Crippen LogP contribution in [-0.4, -0.2) is 96.7 Å². The van der Waals surface area contributed by atoms with Gasteiger partial charge in [-0.3, -0.25) is 37.3 Å². The number of phosphoric acid groups is 2. The van der Waals surface area contributed by atoms with Gasteiger partial charge in [0, 0.05) is 25.7 Å². The fourth-order valence-corrected chi connectivity index (χ4v) is 11.4. The molecule has 0 rings (SSSR count). The minimum Gasteiger partial charge on any atom is -0.462 e. The summed E-state index contributed by atoms with van der Waals surface area (Å²) in [6, 6.07) is 0. The Hall–Kier alpha value is -4.28. The lowest BCUT2D eigenvalue weighted by Gasteiger charge is -2.21. The molecule has 5 unspecified atom stereocenters. The third-order valence-electron chi connectivity index (χ3n) is 15.7. The maximum atomic E-state index is 13.1. The van der Waals surface area contributed by atoms with Crippen molar-refractivity contribution in [3.8, 4) is 0 Å². The van der Waals surface area contributed by atoms with Gasteiger partial charge in [-0.05, 0) is 135 Å². The van der Waals surface area contributed by atoms with Crippen molar-refractivity contribution in [2.45, 2.75) is 329 Å². The van der Waals surface area contributed by atoms with E-state index >= 15 is 0 Å². The number of hydrogen-bond donors (Lipinski definition) is 3. The second-order valence-corrected chi connectivity index (χ2v) is 28.1. The molecule has 98 heavy (non-hydrogen) atoms. The topological polar surface area (TPSA) is 237 Å². The molecule has 19 heteroatoms. The Labute approximate surface area is 594 Å². The van der Waals surface area contributed by atoms with Crippen LogP contribution in [-0.2, 0) is 65.4 Å². The highest BCUT2D eigenvalue weighted by Crippen LogP contribution is 2.45. The minimum absolute atomic E-state index is 0.0334. The number of ether oxygens (including phenoxy) is 4. The summed E-state index contributed by atoms with van der Waals surface area (Å²) < 4.78 is 68.3. The molecule has 0 spiro atoms. The van der Waals surface area contributed by atoms with Gasteiger partial charge in [-0.1, -0.05) is 259 Å². The van der Waals surface area contributed by atoms with E-state index in [4.69, 9.17) is 37.0 Å². The Morgan fingerprint density at radius 2 is 0.561 bits per heavy atom. The van der Waals surface area contributed by atoms with Crippen LogP contribution >= 0.6 is 15.6 Å². The van der Waals surface area contributed by atoms with E-state index in [0.29, 0.717) is 32.1 Å². The molecule has 17 nitrogen and oxygen atoms in total. The maximum absolute atomic E-state index is 13.1. The highest BCUT2D eigenvalue weighted by Gasteiger charge is 2.30. The van der Waals surface area contributed by atoms with E-state index < -0.39 is 97.5 Å². The molecule has 0 radical (unpaired) electrons. The van der Waals surface area contributed by atoms with Crippen LogP contribution in [0.3, 0.4) is 0 Å². The highest BCUT2D eigenvalue weighted by molar-refractivity contribution is 7.47. The number of allylic oxidation sites excluding steroid dienone is 18. The van der Waals surface area contributed by atoms with E-state index in [0.717, 1.165) is 148 Å². The molecule has 0 aliphatic carbocycles. The van der Waals surface area contributed by atoms with Crippen molar-refractivity contribution in [2.75, 3.05) is 39.6 Å². The summed E-state index contributed by atoms with van der Waals surface area (Å²) in [4.78, 5) is 72.7. The smallest absolute Gasteiger partial charge is 0.462 e. The molecule has 0 aromatic heterocycles. The van der Waals surface area contributed by atoms with E-state index in [1.165, 1.54) is 77.0 Å². The molecule has 5 atom stereocenters. The Balaban J connectivity index is 5.38. The summed E-state index contributed by atoms with van der Waals surface area (Å²) in [7, 11) is -9.97. The van der Waals surface area contributed by atoms with Crippen LogP contribution in [0.25, 0.3) is 0 Å². The van der Waals surface area contributed by atoms with Crippen LogP contribution in [0.5, 0.6) is 0 Å². The van der Waals surface area contributed by atoms with E-state index in [1.807, 2.05) is 18.2 Å². The molecule has 0 amide bonds. The first-order valence-electron chi connectivity index (χ1n) is 38.1. The summed E-state index contributed by atoms with van der Waals surface area (Å²) in [6.07, 6.45) is 75.3. The van der Waals surface area contributed by atoms with Crippen molar-refractivity contribution < 1.29 is 80.2 Å². The Morgan fingerprint density at radius 1 is 0.296 bits per heavy atom. The summed E-state index contributed by atoms with van der Waals surface area (Å²) in [5.41, 5.74) is 0. The van der Waals surface area contributed by atoms with Gasteiger partial charge in [0.25, 0.3) is 0 Å². The lowest BCUT2D eigenvalue weighted by molar-refractivity contribution is -0.161. The fourth-order valence-electron chi connectivity index (χ4n) is 9.86. The molecule has 0 aromatic carbocycles. The maximum Gasteiger partial charge on any atom is 0.472 e. The van der Waals surface area contributed by atoms with Gasteiger partial charge < -0.3 is 33.8 Å². The molecule has 0 saturated heterocycles. The number of unbranched alkanes of at least 4 members (excludes halogenated alkanes) is 27. The zero-order valence-corrected chi connectivity index (χ0v) is 63.2. The number of rotatable bonds is 71. The van der Waals surface area contributed by atoms with Crippen molar-refractivity contribution in [2.24, 2.45) is 0 Å². The SMILES string of the molecule is CC/C=C\C/C=C\C/C=C\C/C=C\C/C=C\C/C=C\CCC(=O)OCC(COP(=O)(O)OCC(O)COP(=O)(O)OCC(COC(=O)CCCCCCC/C=C\CCCCCCCC)OC(=O)CCCCCCC/C=C\CCCCCC)OC(=O)CCCCCCC/C=C\CCCC. The largest absolute Gasteiger partial charge is 0.472 e. The lowest BCUT2D eigenvalue weighted by atomic mass is 10.1. The molecule has 0 saturated carbocycles. The molecular formula is C79H136O17P2. The van der Waals surface area contributed by atoms with Crippen LogP contribution in [0.15, 0.2) is 109 Å². The normalized spacial score (nSPS) is 14.6. The first kappa shape index (κ1) is 93.7. The second kappa shape index (κ2) is 71.1. The highest BCUT2D eigenvalue weighted by atomic mass is 31.2.